The summed E-state index contributed by atoms with van der Waals surface area (Å²) in [5, 5.41) is 2.01. The molecule has 0 saturated carbocycles. The van der Waals surface area contributed by atoms with Crippen molar-refractivity contribution in [2.24, 2.45) is 5.73 Å². The van der Waals surface area contributed by atoms with E-state index in [0.29, 0.717) is 13.2 Å². The molecule has 5 heteroatoms. The van der Waals surface area contributed by atoms with Crippen LogP contribution in [-0.4, -0.2) is 9.38 Å². The SMILES string of the molecule is NCc1ccccc1OCc1cn2ccsc2n1. The molecule has 0 unspecified atom stereocenters. The number of rotatable bonds is 4. The molecule has 0 aliphatic heterocycles. The van der Waals surface area contributed by atoms with Crippen LogP contribution in [0, 0.1) is 0 Å². The highest BCUT2D eigenvalue weighted by molar-refractivity contribution is 7.15. The lowest BCUT2D eigenvalue weighted by atomic mass is 10.2. The average molecular weight is 259 g/mol. The van der Waals surface area contributed by atoms with E-state index in [9.17, 15) is 0 Å². The molecule has 18 heavy (non-hydrogen) atoms. The van der Waals surface area contributed by atoms with E-state index in [0.717, 1.165) is 22.0 Å². The zero-order valence-corrected chi connectivity index (χ0v) is 10.6. The Morgan fingerprint density at radius 2 is 2.22 bits per heavy atom. The fourth-order valence-corrected chi connectivity index (χ4v) is 2.53. The first-order valence-corrected chi connectivity index (χ1v) is 6.56. The average Bonchev–Trinajstić information content (AvgIpc) is 2.97. The Bertz CT molecular complexity index is 630. The fourth-order valence-electron chi connectivity index (χ4n) is 1.81. The lowest BCUT2D eigenvalue weighted by Crippen LogP contribution is -2.02. The van der Waals surface area contributed by atoms with Gasteiger partial charge in [-0.2, -0.15) is 0 Å². The first-order chi connectivity index (χ1) is 8.86. The van der Waals surface area contributed by atoms with Crippen molar-refractivity contribution < 1.29 is 4.74 Å². The van der Waals surface area contributed by atoms with E-state index in [1.165, 1.54) is 0 Å². The molecule has 2 aromatic heterocycles. The molecule has 0 aliphatic carbocycles. The molecule has 3 aromatic rings. The number of ether oxygens (including phenoxy) is 1. The Kier molecular flexibility index (Phi) is 3.00. The first-order valence-electron chi connectivity index (χ1n) is 5.68. The molecule has 92 valence electrons. The second kappa shape index (κ2) is 4.80. The number of para-hydroxylation sites is 1. The van der Waals surface area contributed by atoms with E-state index < -0.39 is 0 Å². The van der Waals surface area contributed by atoms with Crippen LogP contribution in [0.3, 0.4) is 0 Å². The molecule has 0 fully saturated rings. The molecule has 0 amide bonds. The van der Waals surface area contributed by atoms with Crippen LogP contribution in [0.15, 0.2) is 42.0 Å². The summed E-state index contributed by atoms with van der Waals surface area (Å²) in [6.45, 7) is 0.944. The van der Waals surface area contributed by atoms with E-state index in [-0.39, 0.29) is 0 Å². The highest BCUT2D eigenvalue weighted by Gasteiger charge is 2.05. The third-order valence-electron chi connectivity index (χ3n) is 2.71. The summed E-state index contributed by atoms with van der Waals surface area (Å²) in [5.74, 6) is 0.830. The van der Waals surface area contributed by atoms with Crippen LogP contribution in [0.5, 0.6) is 5.75 Å². The van der Waals surface area contributed by atoms with Crippen LogP contribution >= 0.6 is 11.3 Å². The fraction of sp³-hybridized carbons (Fsp3) is 0.154. The molecule has 0 saturated heterocycles. The smallest absolute Gasteiger partial charge is 0.193 e. The molecule has 0 aliphatic rings. The van der Waals surface area contributed by atoms with Gasteiger partial charge in [-0.3, -0.25) is 4.40 Å². The van der Waals surface area contributed by atoms with Gasteiger partial charge in [-0.1, -0.05) is 18.2 Å². The number of aromatic nitrogens is 2. The quantitative estimate of drug-likeness (QED) is 0.783. The van der Waals surface area contributed by atoms with Crippen molar-refractivity contribution in [3.8, 4) is 5.75 Å². The Hall–Kier alpha value is -1.85. The minimum absolute atomic E-state index is 0.464. The summed E-state index contributed by atoms with van der Waals surface area (Å²) >= 11 is 1.61. The van der Waals surface area contributed by atoms with Crippen LogP contribution in [0.2, 0.25) is 0 Å². The van der Waals surface area contributed by atoms with Gasteiger partial charge in [0.05, 0.1) is 5.69 Å². The van der Waals surface area contributed by atoms with Gasteiger partial charge in [0.15, 0.2) is 4.96 Å². The minimum atomic E-state index is 0.464. The molecule has 1 aromatic carbocycles. The van der Waals surface area contributed by atoms with Crippen LogP contribution in [0.1, 0.15) is 11.3 Å². The Balaban J connectivity index is 1.76. The molecule has 0 spiro atoms. The molecule has 3 rings (SSSR count). The minimum Gasteiger partial charge on any atom is -0.487 e. The molecular formula is C13H13N3OS. The van der Waals surface area contributed by atoms with Crippen LogP contribution < -0.4 is 10.5 Å². The van der Waals surface area contributed by atoms with Gasteiger partial charge in [-0.15, -0.1) is 11.3 Å². The van der Waals surface area contributed by atoms with Crippen LogP contribution in [0.4, 0.5) is 0 Å². The summed E-state index contributed by atoms with van der Waals surface area (Å²) in [4.78, 5) is 5.46. The summed E-state index contributed by atoms with van der Waals surface area (Å²) < 4.78 is 7.76. The van der Waals surface area contributed by atoms with E-state index in [1.54, 1.807) is 11.3 Å². The molecule has 2 N–H and O–H groups in total. The number of imidazole rings is 1. The van der Waals surface area contributed by atoms with Gasteiger partial charge >= 0.3 is 0 Å². The van der Waals surface area contributed by atoms with Gasteiger partial charge in [-0.05, 0) is 6.07 Å². The number of nitrogens with two attached hydrogens (primary N) is 1. The van der Waals surface area contributed by atoms with Crippen molar-refractivity contribution in [1.29, 1.82) is 0 Å². The van der Waals surface area contributed by atoms with Crippen molar-refractivity contribution in [1.82, 2.24) is 9.38 Å². The van der Waals surface area contributed by atoms with Crippen molar-refractivity contribution in [3.05, 3.63) is 53.3 Å². The number of hydrogen-bond acceptors (Lipinski definition) is 4. The molecule has 0 radical (unpaired) electrons. The highest BCUT2D eigenvalue weighted by Crippen LogP contribution is 2.19. The zero-order chi connectivity index (χ0) is 12.4. The predicted octanol–water partition coefficient (Wildman–Crippen LogP) is 2.43. The molecular weight excluding hydrogens is 246 g/mol. The Morgan fingerprint density at radius 3 is 3.06 bits per heavy atom. The van der Waals surface area contributed by atoms with Crippen molar-refractivity contribution >= 4 is 16.3 Å². The summed E-state index contributed by atoms with van der Waals surface area (Å²) in [6, 6.07) is 7.81. The topological polar surface area (TPSA) is 52.5 Å². The summed E-state index contributed by atoms with van der Waals surface area (Å²) in [5.41, 5.74) is 7.60. The van der Waals surface area contributed by atoms with E-state index in [4.69, 9.17) is 10.5 Å². The molecule has 0 atom stereocenters. The number of benzene rings is 1. The standard InChI is InChI=1S/C13H13N3OS/c14-7-10-3-1-2-4-12(10)17-9-11-8-16-5-6-18-13(16)15-11/h1-6,8H,7,9,14H2. The molecule has 4 nitrogen and oxygen atoms in total. The molecule has 2 heterocycles. The first kappa shape index (κ1) is 11.3. The third-order valence-corrected chi connectivity index (χ3v) is 3.48. The number of thiazole rings is 1. The summed E-state index contributed by atoms with van der Waals surface area (Å²) in [6.07, 6.45) is 3.97. The maximum Gasteiger partial charge on any atom is 0.193 e. The summed E-state index contributed by atoms with van der Waals surface area (Å²) in [7, 11) is 0. The Labute approximate surface area is 109 Å². The van der Waals surface area contributed by atoms with Gasteiger partial charge in [0.2, 0.25) is 0 Å². The maximum atomic E-state index is 5.76. The van der Waals surface area contributed by atoms with Crippen LogP contribution in [-0.2, 0) is 13.2 Å². The normalized spacial score (nSPS) is 10.9. The van der Waals surface area contributed by atoms with Crippen molar-refractivity contribution in [2.75, 3.05) is 0 Å². The number of fused-ring (bicyclic) bond motifs is 1. The Morgan fingerprint density at radius 1 is 1.33 bits per heavy atom. The highest BCUT2D eigenvalue weighted by atomic mass is 32.1. The van der Waals surface area contributed by atoms with Gasteiger partial charge in [0.25, 0.3) is 0 Å². The van der Waals surface area contributed by atoms with Gasteiger partial charge in [0, 0.05) is 29.9 Å². The van der Waals surface area contributed by atoms with Crippen molar-refractivity contribution in [2.45, 2.75) is 13.2 Å². The largest absolute Gasteiger partial charge is 0.487 e. The predicted molar refractivity (Wildman–Crippen MR) is 71.7 cm³/mol. The van der Waals surface area contributed by atoms with Gasteiger partial charge in [-0.25, -0.2) is 4.98 Å². The molecule has 0 bridgehead atoms. The van der Waals surface area contributed by atoms with Crippen molar-refractivity contribution in [3.63, 3.8) is 0 Å². The number of hydrogen-bond donors (Lipinski definition) is 1. The van der Waals surface area contributed by atoms with E-state index in [1.807, 2.05) is 46.4 Å². The van der Waals surface area contributed by atoms with Crippen LogP contribution in [0.25, 0.3) is 4.96 Å². The third kappa shape index (κ3) is 2.10. The number of nitrogens with zero attached hydrogens (tertiary/aromatic N) is 2. The zero-order valence-electron chi connectivity index (χ0n) is 9.74. The maximum absolute atomic E-state index is 5.76. The monoisotopic (exact) mass is 259 g/mol. The van der Waals surface area contributed by atoms with Gasteiger partial charge in [0.1, 0.15) is 12.4 Å². The van der Waals surface area contributed by atoms with Gasteiger partial charge < -0.3 is 10.5 Å². The van der Waals surface area contributed by atoms with E-state index in [2.05, 4.69) is 4.98 Å². The lowest BCUT2D eigenvalue weighted by Gasteiger charge is -2.08. The second-order valence-electron chi connectivity index (χ2n) is 3.93. The second-order valence-corrected chi connectivity index (χ2v) is 4.80. The van der Waals surface area contributed by atoms with E-state index >= 15 is 0 Å². The lowest BCUT2D eigenvalue weighted by molar-refractivity contribution is 0.299.